The van der Waals surface area contributed by atoms with Crippen molar-refractivity contribution in [1.82, 2.24) is 41.2 Å². The van der Waals surface area contributed by atoms with Gasteiger partial charge in [0.1, 0.15) is 0 Å². The fourth-order valence-corrected chi connectivity index (χ4v) is 0.463. The molecule has 30 heteroatoms. The van der Waals surface area contributed by atoms with Crippen molar-refractivity contribution in [3.8, 4) is 0 Å². The second kappa shape index (κ2) is 17.4. The quantitative estimate of drug-likeness (QED) is 0.243. The van der Waals surface area contributed by atoms with E-state index in [0.717, 1.165) is 0 Å². The van der Waals surface area contributed by atoms with E-state index in [4.69, 9.17) is 55.9 Å². The smallest absolute Gasteiger partial charge is 0.390 e. The maximum Gasteiger partial charge on any atom is 3.00 e. The first-order chi connectivity index (χ1) is 13.6. The molecule has 32 heavy (non-hydrogen) atoms. The van der Waals surface area contributed by atoms with Gasteiger partial charge in [-0.2, -0.15) is 0 Å². The number of tetrazole rings is 2. The molecule has 0 aromatic carbocycles. The standard InChI is InChI=1S/2CHN5O2.3ClHO4.Co/c2*7-6(8)1-2-4-5-3-1;3*2-1(3,4)5;/h2*(H,2,3,4,5);3*(H,2,3,4,5);/q;;;;;+3/p-3. The maximum absolute atomic E-state index is 9.69. The van der Waals surface area contributed by atoms with Gasteiger partial charge >= 0.3 is 28.7 Å². The van der Waals surface area contributed by atoms with Crippen LogP contribution >= 0.6 is 0 Å². The fourth-order valence-electron chi connectivity index (χ4n) is 0.463. The molecule has 26 nitrogen and oxygen atoms in total. The number of rotatable bonds is 2. The van der Waals surface area contributed by atoms with Gasteiger partial charge < -0.3 is 20.2 Å². The molecule has 0 fully saturated rings. The minimum atomic E-state index is -4.94. The summed E-state index contributed by atoms with van der Waals surface area (Å²) in [6, 6.07) is 0. The van der Waals surface area contributed by atoms with Crippen LogP contribution in [-0.4, -0.2) is 51.1 Å². The third-order valence-corrected chi connectivity index (χ3v) is 1.01. The van der Waals surface area contributed by atoms with Crippen molar-refractivity contribution < 1.29 is 113 Å². The summed E-state index contributed by atoms with van der Waals surface area (Å²) in [5, 5.41) is 41.2. The van der Waals surface area contributed by atoms with Crippen molar-refractivity contribution in [1.29, 1.82) is 0 Å². The van der Waals surface area contributed by atoms with Crippen LogP contribution in [0.4, 0.5) is 11.9 Å². The molecule has 2 aromatic heterocycles. The average Bonchev–Trinajstić information content (AvgIpc) is 3.17. The summed E-state index contributed by atoms with van der Waals surface area (Å²) < 4.78 is 102. The van der Waals surface area contributed by atoms with Gasteiger partial charge in [-0.05, 0) is 9.85 Å². The molecular weight excluding hydrogens is 585 g/mol. The number of aromatic amines is 2. The third-order valence-electron chi connectivity index (χ3n) is 1.01. The zero-order valence-electron chi connectivity index (χ0n) is 13.6. The molecule has 2 heterocycles. The number of hydrogen-bond donors (Lipinski definition) is 2. The summed E-state index contributed by atoms with van der Waals surface area (Å²) >= 11 is 0. The van der Waals surface area contributed by atoms with Crippen LogP contribution in [0.25, 0.3) is 0 Å². The first-order valence-corrected chi connectivity index (χ1v) is 8.93. The minimum absolute atomic E-state index is 0. The molecule has 0 unspecified atom stereocenters. The van der Waals surface area contributed by atoms with Crippen LogP contribution in [-0.2, 0) is 16.8 Å². The van der Waals surface area contributed by atoms with Crippen LogP contribution in [0.5, 0.6) is 0 Å². The number of H-pyrrole nitrogens is 2. The van der Waals surface area contributed by atoms with Gasteiger partial charge in [-0.25, -0.2) is 55.9 Å². The van der Waals surface area contributed by atoms with Gasteiger partial charge in [-0.3, -0.25) is 0 Å². The predicted molar refractivity (Wildman–Crippen MR) is 41.7 cm³/mol. The van der Waals surface area contributed by atoms with E-state index < -0.39 is 52.5 Å². The molecule has 0 radical (unpaired) electrons. The largest absolute Gasteiger partial charge is 3.00 e. The molecule has 0 aliphatic rings. The Kier molecular flexibility index (Phi) is 20.2. The van der Waals surface area contributed by atoms with Crippen LogP contribution in [0, 0.1) is 51.0 Å². The average molecular weight is 587 g/mol. The van der Waals surface area contributed by atoms with Crippen LogP contribution < -0.4 is 55.9 Å². The molecule has 0 aliphatic heterocycles. The summed E-state index contributed by atoms with van der Waals surface area (Å²) in [4.78, 5) is 18.0. The zero-order valence-corrected chi connectivity index (χ0v) is 16.9. The summed E-state index contributed by atoms with van der Waals surface area (Å²) in [6.45, 7) is 0. The van der Waals surface area contributed by atoms with Crippen molar-refractivity contribution in [2.24, 2.45) is 0 Å². The van der Waals surface area contributed by atoms with Crippen molar-refractivity contribution in [3.63, 3.8) is 0 Å². The Morgan fingerprint density at radius 3 is 0.812 bits per heavy atom. The van der Waals surface area contributed by atoms with E-state index in [-0.39, 0.29) is 16.8 Å². The van der Waals surface area contributed by atoms with E-state index in [1.807, 2.05) is 10.2 Å². The summed E-state index contributed by atoms with van der Waals surface area (Å²) in [6.07, 6.45) is 0. The van der Waals surface area contributed by atoms with E-state index >= 15 is 0 Å². The Morgan fingerprint density at radius 1 is 0.562 bits per heavy atom. The van der Waals surface area contributed by atoms with Gasteiger partial charge in [-0.15, -0.1) is 40.9 Å². The van der Waals surface area contributed by atoms with Crippen LogP contribution in [0.1, 0.15) is 0 Å². The van der Waals surface area contributed by atoms with Gasteiger partial charge in [0.15, 0.2) is 0 Å². The molecule has 0 spiro atoms. The van der Waals surface area contributed by atoms with Crippen LogP contribution in [0.15, 0.2) is 0 Å². The van der Waals surface area contributed by atoms with Crippen molar-refractivity contribution in [3.05, 3.63) is 20.2 Å². The first kappa shape index (κ1) is 37.2. The van der Waals surface area contributed by atoms with E-state index in [2.05, 4.69) is 31.1 Å². The SMILES string of the molecule is O=[N+]([O-])c1nnn[nH]1.O=[N+]([O-])c1nnn[nH]1.[Co+3].[O-][Cl+3]([O-])([O-])[O-].[O-][Cl+3]([O-])([O-])[O-].[O-][Cl+3]([O-])([O-])[O-]. The normalized spacial score (nSPS) is 10.1. The number of nitro groups is 2. The number of halogens is 3. The Morgan fingerprint density at radius 2 is 0.750 bits per heavy atom. The van der Waals surface area contributed by atoms with E-state index in [9.17, 15) is 20.2 Å². The second-order valence-corrected chi connectivity index (χ2v) is 5.37. The molecule has 0 atom stereocenters. The third kappa shape index (κ3) is 50.9. The van der Waals surface area contributed by atoms with Crippen molar-refractivity contribution in [2.45, 2.75) is 0 Å². The number of aromatic nitrogens is 8. The molecule has 2 rings (SSSR count). The molecule has 0 saturated heterocycles. The monoisotopic (exact) mass is 586 g/mol. The van der Waals surface area contributed by atoms with E-state index in [1.165, 1.54) is 0 Å². The summed E-state index contributed by atoms with van der Waals surface area (Å²) in [5.41, 5.74) is 0. The molecule has 0 amide bonds. The number of hydrogen-bond acceptors (Lipinski definition) is 22. The number of nitrogens with zero attached hydrogens (tertiary/aromatic N) is 8. The Labute approximate surface area is 187 Å². The summed E-state index contributed by atoms with van der Waals surface area (Å²) in [7, 11) is -14.8. The molecule has 2 aromatic rings. The molecule has 0 bridgehead atoms. The molecular formula is C2H2Cl3CoN10O16. The Bertz CT molecular complexity index is 619. The number of nitrogens with one attached hydrogen (secondary N) is 2. The fraction of sp³-hybridized carbons (Fsp3) is 0. The molecule has 2 N–H and O–H groups in total. The Hall–Kier alpha value is -2.16. The molecule has 0 saturated carbocycles. The van der Waals surface area contributed by atoms with Gasteiger partial charge in [0.25, 0.3) is 0 Å². The molecule has 0 aliphatic carbocycles. The topological polar surface area (TPSA) is 472 Å². The molecule has 186 valence electrons. The minimum Gasteiger partial charge on any atom is -0.390 e. The van der Waals surface area contributed by atoms with E-state index in [0.29, 0.717) is 0 Å². The second-order valence-electron chi connectivity index (χ2n) is 3.10. The van der Waals surface area contributed by atoms with Crippen molar-refractivity contribution in [2.75, 3.05) is 0 Å². The first-order valence-electron chi connectivity index (χ1n) is 5.22. The zero-order chi connectivity index (χ0) is 25.5. The predicted octanol–water partition coefficient (Wildman–Crippen LogP) is -16.1. The van der Waals surface area contributed by atoms with Gasteiger partial charge in [0.05, 0.1) is 20.6 Å². The van der Waals surface area contributed by atoms with Crippen LogP contribution in [0.3, 0.4) is 0 Å². The maximum atomic E-state index is 9.69. The summed E-state index contributed by atoms with van der Waals surface area (Å²) in [5.74, 6) is -0.880. The van der Waals surface area contributed by atoms with Crippen molar-refractivity contribution >= 4 is 11.9 Å². The Balaban J connectivity index is -0.000000156. The van der Waals surface area contributed by atoms with E-state index in [1.54, 1.807) is 0 Å². The van der Waals surface area contributed by atoms with Gasteiger partial charge in [0, 0.05) is 10.4 Å². The van der Waals surface area contributed by atoms with Gasteiger partial charge in [0.2, 0.25) is 0 Å². The van der Waals surface area contributed by atoms with Gasteiger partial charge in [-0.1, -0.05) is 0 Å². The van der Waals surface area contributed by atoms with Crippen LogP contribution in [0.2, 0.25) is 0 Å².